The van der Waals surface area contributed by atoms with Gasteiger partial charge in [0.2, 0.25) is 10.0 Å². The Labute approximate surface area is 128 Å². The van der Waals surface area contributed by atoms with E-state index >= 15 is 0 Å². The van der Waals surface area contributed by atoms with Crippen LogP contribution in [0.1, 0.15) is 31.9 Å². The van der Waals surface area contributed by atoms with E-state index in [2.05, 4.69) is 12.2 Å². The summed E-state index contributed by atoms with van der Waals surface area (Å²) in [5.41, 5.74) is 1.11. The predicted molar refractivity (Wildman–Crippen MR) is 86.1 cm³/mol. The summed E-state index contributed by atoms with van der Waals surface area (Å²) in [6.45, 7) is 5.23. The van der Waals surface area contributed by atoms with Gasteiger partial charge in [0.25, 0.3) is 0 Å². The first-order valence-corrected chi connectivity index (χ1v) is 8.84. The molecule has 1 aromatic carbocycles. The van der Waals surface area contributed by atoms with Crippen molar-refractivity contribution in [3.05, 3.63) is 29.8 Å². The maximum atomic E-state index is 11.7. The molecule has 120 valence electrons. The van der Waals surface area contributed by atoms with E-state index in [9.17, 15) is 8.42 Å². The van der Waals surface area contributed by atoms with E-state index < -0.39 is 10.0 Å². The van der Waals surface area contributed by atoms with Gasteiger partial charge < -0.3 is 10.1 Å². The molecule has 0 aromatic heterocycles. The molecule has 0 aliphatic heterocycles. The van der Waals surface area contributed by atoms with Gasteiger partial charge in [0.1, 0.15) is 5.75 Å². The summed E-state index contributed by atoms with van der Waals surface area (Å²) in [4.78, 5) is 0. The Hall–Kier alpha value is -1.11. The van der Waals surface area contributed by atoms with Crippen molar-refractivity contribution in [1.82, 2.24) is 9.62 Å². The zero-order valence-corrected chi connectivity index (χ0v) is 14.1. The zero-order chi connectivity index (χ0) is 15.9. The molecule has 0 heterocycles. The van der Waals surface area contributed by atoms with Crippen molar-refractivity contribution in [2.24, 2.45) is 0 Å². The lowest BCUT2D eigenvalue weighted by atomic mass is 10.1. The lowest BCUT2D eigenvalue weighted by molar-refractivity contribution is 0.317. The van der Waals surface area contributed by atoms with Gasteiger partial charge in [-0.1, -0.05) is 19.1 Å². The molecule has 5 nitrogen and oxygen atoms in total. The molecule has 0 bridgehead atoms. The summed E-state index contributed by atoms with van der Waals surface area (Å²) in [7, 11) is -0.0434. The van der Waals surface area contributed by atoms with E-state index in [4.69, 9.17) is 4.74 Å². The Morgan fingerprint density at radius 2 is 1.86 bits per heavy atom. The van der Waals surface area contributed by atoms with E-state index in [1.165, 1.54) is 4.31 Å². The summed E-state index contributed by atoms with van der Waals surface area (Å²) >= 11 is 0. The summed E-state index contributed by atoms with van der Waals surface area (Å²) in [5.74, 6) is 0.963. The van der Waals surface area contributed by atoms with E-state index in [1.807, 2.05) is 31.2 Å². The van der Waals surface area contributed by atoms with E-state index in [-0.39, 0.29) is 11.8 Å². The highest BCUT2D eigenvalue weighted by atomic mass is 32.2. The van der Waals surface area contributed by atoms with Crippen LogP contribution in [0.4, 0.5) is 0 Å². The largest absolute Gasteiger partial charge is 0.494 e. The maximum absolute atomic E-state index is 11.7. The number of benzene rings is 1. The van der Waals surface area contributed by atoms with Crippen LogP contribution in [0.25, 0.3) is 0 Å². The Kier molecular flexibility index (Phi) is 7.14. The quantitative estimate of drug-likeness (QED) is 0.757. The number of ether oxygens (including phenoxy) is 1. The molecular weight excluding hydrogens is 288 g/mol. The SMILES string of the molecule is CCCOc1ccc(C(C)NCCS(=O)(=O)N(C)C)cc1. The van der Waals surface area contributed by atoms with Gasteiger partial charge in [-0.05, 0) is 31.0 Å². The molecular formula is C15H26N2O3S. The molecule has 1 atom stereocenters. The second-order valence-electron chi connectivity index (χ2n) is 5.19. The molecule has 0 saturated heterocycles. The highest BCUT2D eigenvalue weighted by molar-refractivity contribution is 7.89. The second kappa shape index (κ2) is 8.36. The summed E-state index contributed by atoms with van der Waals surface area (Å²) in [5, 5.41) is 3.23. The Morgan fingerprint density at radius 1 is 1.24 bits per heavy atom. The summed E-state index contributed by atoms with van der Waals surface area (Å²) in [6.07, 6.45) is 0.986. The first-order chi connectivity index (χ1) is 9.86. The minimum absolute atomic E-state index is 0.0992. The van der Waals surface area contributed by atoms with Gasteiger partial charge in [-0.15, -0.1) is 0 Å². The van der Waals surface area contributed by atoms with Gasteiger partial charge >= 0.3 is 0 Å². The number of hydrogen-bond acceptors (Lipinski definition) is 4. The normalized spacial score (nSPS) is 13.4. The van der Waals surface area contributed by atoms with Crippen LogP contribution in [-0.2, 0) is 10.0 Å². The van der Waals surface area contributed by atoms with Crippen LogP contribution in [-0.4, -0.2) is 45.7 Å². The van der Waals surface area contributed by atoms with E-state index in [1.54, 1.807) is 14.1 Å². The highest BCUT2D eigenvalue weighted by Gasteiger charge is 2.13. The van der Waals surface area contributed by atoms with Gasteiger partial charge in [-0.25, -0.2) is 12.7 Å². The third-order valence-corrected chi connectivity index (χ3v) is 5.05. The van der Waals surface area contributed by atoms with Crippen LogP contribution in [0.3, 0.4) is 0 Å². The topological polar surface area (TPSA) is 58.6 Å². The van der Waals surface area contributed by atoms with Crippen LogP contribution in [0, 0.1) is 0 Å². The average Bonchev–Trinajstić information content (AvgIpc) is 2.45. The fourth-order valence-electron chi connectivity index (χ4n) is 1.78. The van der Waals surface area contributed by atoms with Crippen LogP contribution in [0.2, 0.25) is 0 Å². The van der Waals surface area contributed by atoms with Gasteiger partial charge in [-0.2, -0.15) is 0 Å². The minimum Gasteiger partial charge on any atom is -0.494 e. The number of hydrogen-bond donors (Lipinski definition) is 1. The van der Waals surface area contributed by atoms with Crippen molar-refractivity contribution in [3.63, 3.8) is 0 Å². The van der Waals surface area contributed by atoms with Gasteiger partial charge in [0.05, 0.1) is 12.4 Å². The molecule has 0 radical (unpaired) electrons. The van der Waals surface area contributed by atoms with Crippen LogP contribution in [0.5, 0.6) is 5.75 Å². The molecule has 21 heavy (non-hydrogen) atoms. The van der Waals surface area contributed by atoms with Crippen molar-refractivity contribution in [2.75, 3.05) is 33.0 Å². The molecule has 0 fully saturated rings. The number of rotatable bonds is 9. The molecule has 0 spiro atoms. The van der Waals surface area contributed by atoms with Crippen molar-refractivity contribution in [2.45, 2.75) is 26.3 Å². The van der Waals surface area contributed by atoms with Crippen LogP contribution >= 0.6 is 0 Å². The summed E-state index contributed by atoms with van der Waals surface area (Å²) < 4.78 is 30.1. The van der Waals surface area contributed by atoms with Crippen LogP contribution < -0.4 is 10.1 Å². The van der Waals surface area contributed by atoms with E-state index in [0.29, 0.717) is 6.54 Å². The molecule has 1 aromatic rings. The predicted octanol–water partition coefficient (Wildman–Crippen LogP) is 2.02. The lowest BCUT2D eigenvalue weighted by Crippen LogP contribution is -2.32. The number of sulfonamides is 1. The zero-order valence-electron chi connectivity index (χ0n) is 13.3. The average molecular weight is 314 g/mol. The maximum Gasteiger partial charge on any atom is 0.214 e. The summed E-state index contributed by atoms with van der Waals surface area (Å²) in [6, 6.07) is 7.99. The third kappa shape index (κ3) is 6.03. The van der Waals surface area contributed by atoms with Crippen molar-refractivity contribution < 1.29 is 13.2 Å². The van der Waals surface area contributed by atoms with E-state index in [0.717, 1.165) is 24.3 Å². The third-order valence-electron chi connectivity index (χ3n) is 3.22. The Balaban J connectivity index is 2.47. The van der Waals surface area contributed by atoms with Crippen molar-refractivity contribution >= 4 is 10.0 Å². The van der Waals surface area contributed by atoms with Gasteiger partial charge in [0.15, 0.2) is 0 Å². The first kappa shape index (κ1) is 17.9. The first-order valence-electron chi connectivity index (χ1n) is 7.23. The Bertz CT molecular complexity index is 512. The Morgan fingerprint density at radius 3 is 2.38 bits per heavy atom. The molecule has 1 unspecified atom stereocenters. The van der Waals surface area contributed by atoms with Gasteiger partial charge in [-0.3, -0.25) is 0 Å². The number of nitrogens with one attached hydrogen (secondary N) is 1. The molecule has 0 saturated carbocycles. The van der Waals surface area contributed by atoms with Gasteiger partial charge in [0, 0.05) is 26.7 Å². The monoisotopic (exact) mass is 314 g/mol. The molecule has 1 rings (SSSR count). The minimum atomic E-state index is -3.14. The molecule has 0 aliphatic carbocycles. The molecule has 0 aliphatic rings. The fourth-order valence-corrected chi connectivity index (χ4v) is 2.52. The fraction of sp³-hybridized carbons (Fsp3) is 0.600. The van der Waals surface area contributed by atoms with Crippen molar-refractivity contribution in [3.8, 4) is 5.75 Å². The van der Waals surface area contributed by atoms with Crippen LogP contribution in [0.15, 0.2) is 24.3 Å². The second-order valence-corrected chi connectivity index (χ2v) is 7.49. The molecule has 1 N–H and O–H groups in total. The molecule has 0 amide bonds. The lowest BCUT2D eigenvalue weighted by Gasteiger charge is -2.16. The number of nitrogens with zero attached hydrogens (tertiary/aromatic N) is 1. The highest BCUT2D eigenvalue weighted by Crippen LogP contribution is 2.17. The molecule has 6 heteroatoms. The smallest absolute Gasteiger partial charge is 0.214 e. The standard InChI is InChI=1S/C15H26N2O3S/c1-5-11-20-15-8-6-14(7-9-15)13(2)16-10-12-21(18,19)17(3)4/h6-9,13,16H,5,10-12H2,1-4H3. The van der Waals surface area contributed by atoms with Crippen molar-refractivity contribution in [1.29, 1.82) is 0 Å².